The number of carbonyl (C=O) groups is 3. The highest BCUT2D eigenvalue weighted by molar-refractivity contribution is 14.1. The van der Waals surface area contributed by atoms with E-state index in [1.807, 2.05) is 36.4 Å². The number of hydrogen-bond donors (Lipinski definition) is 0. The molecule has 0 aromatic heterocycles. The van der Waals surface area contributed by atoms with Gasteiger partial charge in [-0.2, -0.15) is 0 Å². The number of benzene rings is 2. The van der Waals surface area contributed by atoms with Gasteiger partial charge >= 0.3 is 5.97 Å². The second-order valence-electron chi connectivity index (χ2n) is 6.38. The summed E-state index contributed by atoms with van der Waals surface area (Å²) in [6, 6.07) is 13.3. The lowest BCUT2D eigenvalue weighted by Crippen LogP contribution is -2.34. The molecule has 0 atom stereocenters. The molecule has 9 heteroatoms. The summed E-state index contributed by atoms with van der Waals surface area (Å²) < 4.78 is 17.1. The van der Waals surface area contributed by atoms with Crippen LogP contribution in [0, 0.1) is 3.57 Å². The molecule has 7 nitrogen and oxygen atoms in total. The Labute approximate surface area is 197 Å². The van der Waals surface area contributed by atoms with Crippen molar-refractivity contribution in [1.82, 2.24) is 4.90 Å². The highest BCUT2D eigenvalue weighted by atomic mass is 127. The first-order valence-corrected chi connectivity index (χ1v) is 11.3. The van der Waals surface area contributed by atoms with E-state index in [1.54, 1.807) is 19.1 Å². The lowest BCUT2D eigenvalue weighted by Gasteiger charge is -2.14. The Bertz CT molecular complexity index is 1020. The quantitative estimate of drug-likeness (QED) is 0.271. The highest BCUT2D eigenvalue weighted by Crippen LogP contribution is 2.37. The van der Waals surface area contributed by atoms with Gasteiger partial charge in [0.2, 0.25) is 0 Å². The number of carbonyl (C=O) groups excluding carboxylic acids is 3. The fourth-order valence-corrected chi connectivity index (χ4v) is 4.44. The van der Waals surface area contributed by atoms with Gasteiger partial charge in [0, 0.05) is 0 Å². The van der Waals surface area contributed by atoms with Crippen molar-refractivity contribution in [2.24, 2.45) is 0 Å². The van der Waals surface area contributed by atoms with E-state index < -0.39 is 23.7 Å². The van der Waals surface area contributed by atoms with Gasteiger partial charge in [-0.3, -0.25) is 19.3 Å². The summed E-state index contributed by atoms with van der Waals surface area (Å²) in [6.07, 6.45) is 1.60. The number of thioether (sulfide) groups is 1. The zero-order chi connectivity index (χ0) is 22.4. The molecule has 1 aliphatic rings. The van der Waals surface area contributed by atoms with Crippen molar-refractivity contribution in [3.63, 3.8) is 0 Å². The van der Waals surface area contributed by atoms with Crippen LogP contribution in [-0.4, -0.2) is 42.3 Å². The molecule has 0 N–H and O–H groups in total. The Morgan fingerprint density at radius 2 is 1.94 bits per heavy atom. The van der Waals surface area contributed by atoms with E-state index in [9.17, 15) is 14.4 Å². The molecule has 0 aliphatic carbocycles. The molecule has 31 heavy (non-hydrogen) atoms. The molecule has 0 radical (unpaired) electrons. The maximum Gasteiger partial charge on any atom is 0.326 e. The number of amides is 2. The molecule has 1 fully saturated rings. The van der Waals surface area contributed by atoms with E-state index >= 15 is 0 Å². The Hall–Kier alpha value is -2.53. The average Bonchev–Trinajstić information content (AvgIpc) is 3.00. The van der Waals surface area contributed by atoms with Crippen molar-refractivity contribution >= 4 is 57.5 Å². The number of halogens is 1. The Kier molecular flexibility index (Phi) is 7.97. The minimum atomic E-state index is -0.623. The predicted molar refractivity (Wildman–Crippen MR) is 126 cm³/mol. The Morgan fingerprint density at radius 1 is 1.19 bits per heavy atom. The minimum absolute atomic E-state index is 0.182. The summed E-state index contributed by atoms with van der Waals surface area (Å²) in [4.78, 5) is 37.5. The SMILES string of the molecule is CCOC(=O)CN1C(=O)S/C(=C/c2cc(I)c(OCc3ccccc3)c(OC)c2)C1=O. The molecule has 1 heterocycles. The minimum Gasteiger partial charge on any atom is -0.493 e. The summed E-state index contributed by atoms with van der Waals surface area (Å²) in [7, 11) is 1.54. The van der Waals surface area contributed by atoms with Gasteiger partial charge in [-0.1, -0.05) is 30.3 Å². The number of esters is 1. The third-order valence-corrected chi connectivity index (χ3v) is 5.95. The molecule has 0 spiro atoms. The predicted octanol–water partition coefficient (Wildman–Crippen LogP) is 4.48. The largest absolute Gasteiger partial charge is 0.493 e. The van der Waals surface area contributed by atoms with Gasteiger partial charge < -0.3 is 14.2 Å². The maximum absolute atomic E-state index is 12.6. The van der Waals surface area contributed by atoms with Gasteiger partial charge in [0.25, 0.3) is 11.1 Å². The molecule has 1 aliphatic heterocycles. The topological polar surface area (TPSA) is 82.1 Å². The molecule has 3 rings (SSSR count). The summed E-state index contributed by atoms with van der Waals surface area (Å²) in [5.41, 5.74) is 1.70. The van der Waals surface area contributed by atoms with Crippen LogP contribution in [0.2, 0.25) is 0 Å². The highest BCUT2D eigenvalue weighted by Gasteiger charge is 2.36. The van der Waals surface area contributed by atoms with E-state index in [1.165, 1.54) is 7.11 Å². The van der Waals surface area contributed by atoms with E-state index in [0.717, 1.165) is 25.8 Å². The molecule has 162 valence electrons. The molecule has 0 unspecified atom stereocenters. The molecule has 0 bridgehead atoms. The molecule has 2 aromatic rings. The summed E-state index contributed by atoms with van der Waals surface area (Å²) in [5, 5.41) is -0.506. The Balaban J connectivity index is 1.79. The monoisotopic (exact) mass is 553 g/mol. The first kappa shape index (κ1) is 23.1. The zero-order valence-corrected chi connectivity index (χ0v) is 19.9. The normalized spacial score (nSPS) is 14.8. The van der Waals surface area contributed by atoms with Crippen LogP contribution in [0.5, 0.6) is 11.5 Å². The number of nitrogens with zero attached hydrogens (tertiary/aromatic N) is 1. The van der Waals surface area contributed by atoms with Crippen LogP contribution < -0.4 is 9.47 Å². The van der Waals surface area contributed by atoms with Crippen LogP contribution >= 0.6 is 34.4 Å². The van der Waals surface area contributed by atoms with Crippen molar-refractivity contribution in [2.75, 3.05) is 20.3 Å². The van der Waals surface area contributed by atoms with Crippen molar-refractivity contribution in [3.8, 4) is 11.5 Å². The fourth-order valence-electron chi connectivity index (χ4n) is 2.82. The summed E-state index contributed by atoms with van der Waals surface area (Å²) >= 11 is 2.92. The van der Waals surface area contributed by atoms with Crippen molar-refractivity contribution in [2.45, 2.75) is 13.5 Å². The number of hydrogen-bond acceptors (Lipinski definition) is 7. The average molecular weight is 553 g/mol. The van der Waals surface area contributed by atoms with Crippen molar-refractivity contribution in [1.29, 1.82) is 0 Å². The van der Waals surface area contributed by atoms with Crippen LogP contribution in [0.4, 0.5) is 4.79 Å². The van der Waals surface area contributed by atoms with Crippen LogP contribution in [0.3, 0.4) is 0 Å². The van der Waals surface area contributed by atoms with Crippen LogP contribution in [0.1, 0.15) is 18.1 Å². The van der Waals surface area contributed by atoms with E-state index in [0.29, 0.717) is 23.7 Å². The standard InChI is InChI=1S/C22H20INO6S/c1-3-29-19(25)12-24-21(26)18(31-22(24)27)11-15-9-16(23)20(17(10-15)28-2)30-13-14-7-5-4-6-8-14/h4-11H,3,12-13H2,1-2H3/b18-11+. The van der Waals surface area contributed by atoms with Crippen LogP contribution in [0.25, 0.3) is 6.08 Å². The third-order valence-electron chi connectivity index (χ3n) is 4.24. The smallest absolute Gasteiger partial charge is 0.326 e. The molecule has 2 amide bonds. The molecule has 1 saturated heterocycles. The van der Waals surface area contributed by atoms with Crippen molar-refractivity contribution in [3.05, 3.63) is 62.1 Å². The molecule has 0 saturated carbocycles. The van der Waals surface area contributed by atoms with Crippen LogP contribution in [-0.2, 0) is 20.9 Å². The zero-order valence-electron chi connectivity index (χ0n) is 16.9. The van der Waals surface area contributed by atoms with E-state index in [2.05, 4.69) is 22.6 Å². The first-order chi connectivity index (χ1) is 14.9. The van der Waals surface area contributed by atoms with Gasteiger partial charge in [0.1, 0.15) is 13.2 Å². The van der Waals surface area contributed by atoms with E-state index in [4.69, 9.17) is 14.2 Å². The van der Waals surface area contributed by atoms with Crippen molar-refractivity contribution < 1.29 is 28.6 Å². The van der Waals surface area contributed by atoms with Gasteiger partial charge in [-0.25, -0.2) is 0 Å². The second kappa shape index (κ2) is 10.7. The Morgan fingerprint density at radius 3 is 2.61 bits per heavy atom. The lowest BCUT2D eigenvalue weighted by atomic mass is 10.1. The first-order valence-electron chi connectivity index (χ1n) is 9.38. The second-order valence-corrected chi connectivity index (χ2v) is 8.54. The number of ether oxygens (including phenoxy) is 3. The molecular weight excluding hydrogens is 533 g/mol. The molecule has 2 aromatic carbocycles. The number of methoxy groups -OCH3 is 1. The van der Waals surface area contributed by atoms with Crippen LogP contribution in [0.15, 0.2) is 47.4 Å². The fraction of sp³-hybridized carbons (Fsp3) is 0.227. The van der Waals surface area contributed by atoms with Gasteiger partial charge in [0.05, 0.1) is 22.2 Å². The number of imide groups is 1. The van der Waals surface area contributed by atoms with E-state index in [-0.39, 0.29) is 11.5 Å². The van der Waals surface area contributed by atoms with Gasteiger partial charge in [0.15, 0.2) is 11.5 Å². The summed E-state index contributed by atoms with van der Waals surface area (Å²) in [6.45, 7) is 1.83. The lowest BCUT2D eigenvalue weighted by molar-refractivity contribution is -0.145. The molecular formula is C22H20INO6S. The summed E-state index contributed by atoms with van der Waals surface area (Å²) in [5.74, 6) is -0.0389. The third kappa shape index (κ3) is 5.79. The maximum atomic E-state index is 12.6. The van der Waals surface area contributed by atoms with Gasteiger partial charge in [-0.05, 0) is 70.6 Å². The number of rotatable bonds is 8. The van der Waals surface area contributed by atoms with Gasteiger partial charge in [-0.15, -0.1) is 0 Å².